The summed E-state index contributed by atoms with van der Waals surface area (Å²) in [5.41, 5.74) is 3.05. The van der Waals surface area contributed by atoms with E-state index in [9.17, 15) is 4.79 Å². The molecule has 5 nitrogen and oxygen atoms in total. The molecule has 3 rings (SSSR count). The van der Waals surface area contributed by atoms with E-state index in [1.807, 2.05) is 49.5 Å². The van der Waals surface area contributed by atoms with E-state index in [1.165, 1.54) is 6.08 Å². The number of H-pyrrole nitrogens is 1. The Morgan fingerprint density at radius 1 is 1.17 bits per heavy atom. The number of esters is 1. The molecule has 0 aliphatic carbocycles. The number of aromatic nitrogens is 1. The van der Waals surface area contributed by atoms with Crippen LogP contribution in [0, 0.1) is 0 Å². The van der Waals surface area contributed by atoms with Gasteiger partial charge in [-0.3, -0.25) is 0 Å². The summed E-state index contributed by atoms with van der Waals surface area (Å²) < 4.78 is 16.1. The maximum atomic E-state index is 12.0. The highest BCUT2D eigenvalue weighted by Gasteiger charge is 2.06. The van der Waals surface area contributed by atoms with Crippen LogP contribution in [0.1, 0.15) is 24.5 Å². The van der Waals surface area contributed by atoms with Gasteiger partial charge in [0.2, 0.25) is 0 Å². The number of carbonyl (C=O) groups excluding carboxylic acids is 1. The highest BCUT2D eigenvalue weighted by molar-refractivity contribution is 6.31. The molecule has 0 aliphatic rings. The van der Waals surface area contributed by atoms with Crippen LogP contribution in [-0.2, 0) is 16.0 Å². The number of aromatic amines is 1. The van der Waals surface area contributed by atoms with Crippen LogP contribution < -0.4 is 9.47 Å². The first-order valence-electron chi connectivity index (χ1n) is 9.52. The molecule has 0 unspecified atom stereocenters. The van der Waals surface area contributed by atoms with Crippen LogP contribution in [0.15, 0.2) is 48.7 Å². The SMILES string of the molecule is CCOc1ccc(/C=C/C(=O)OCCCc2c[nH]c3ccc(Cl)cc23)cc1OC. The number of hydrogen-bond acceptors (Lipinski definition) is 4. The van der Waals surface area contributed by atoms with Crippen molar-refractivity contribution in [3.63, 3.8) is 0 Å². The van der Waals surface area contributed by atoms with Gasteiger partial charge >= 0.3 is 5.97 Å². The van der Waals surface area contributed by atoms with Crippen molar-refractivity contribution in [2.75, 3.05) is 20.3 Å². The number of hydrogen-bond donors (Lipinski definition) is 1. The smallest absolute Gasteiger partial charge is 0.330 e. The van der Waals surface area contributed by atoms with Crippen LogP contribution in [0.5, 0.6) is 11.5 Å². The van der Waals surface area contributed by atoms with Crippen LogP contribution in [-0.4, -0.2) is 31.3 Å². The van der Waals surface area contributed by atoms with Crippen molar-refractivity contribution in [1.82, 2.24) is 4.98 Å². The minimum absolute atomic E-state index is 0.350. The van der Waals surface area contributed by atoms with E-state index >= 15 is 0 Å². The van der Waals surface area contributed by atoms with E-state index in [4.69, 9.17) is 25.8 Å². The molecule has 1 heterocycles. The molecule has 1 N–H and O–H groups in total. The number of benzene rings is 2. The highest BCUT2D eigenvalue weighted by atomic mass is 35.5. The average Bonchev–Trinajstić information content (AvgIpc) is 3.12. The van der Waals surface area contributed by atoms with Gasteiger partial charge in [0.15, 0.2) is 11.5 Å². The van der Waals surface area contributed by atoms with Gasteiger partial charge in [0, 0.05) is 28.2 Å². The second kappa shape index (κ2) is 10.0. The Labute approximate surface area is 175 Å². The molecule has 6 heteroatoms. The molecule has 0 amide bonds. The van der Waals surface area contributed by atoms with Crippen LogP contribution in [0.25, 0.3) is 17.0 Å². The Bertz CT molecular complexity index is 1010. The predicted octanol–water partition coefficient (Wildman–Crippen LogP) is 5.42. The van der Waals surface area contributed by atoms with Crippen molar-refractivity contribution in [2.24, 2.45) is 0 Å². The number of rotatable bonds is 9. The van der Waals surface area contributed by atoms with E-state index in [1.54, 1.807) is 13.2 Å². The van der Waals surface area contributed by atoms with E-state index in [0.29, 0.717) is 29.7 Å². The first-order valence-corrected chi connectivity index (χ1v) is 9.89. The van der Waals surface area contributed by atoms with E-state index in [-0.39, 0.29) is 5.97 Å². The van der Waals surface area contributed by atoms with Gasteiger partial charge in [-0.25, -0.2) is 4.79 Å². The third-order valence-corrected chi connectivity index (χ3v) is 4.70. The van der Waals surface area contributed by atoms with Crippen LogP contribution in [0.2, 0.25) is 5.02 Å². The summed E-state index contributed by atoms with van der Waals surface area (Å²) in [6.07, 6.45) is 6.62. The van der Waals surface area contributed by atoms with Gasteiger partial charge in [-0.1, -0.05) is 17.7 Å². The second-order valence-corrected chi connectivity index (χ2v) is 6.89. The van der Waals surface area contributed by atoms with Crippen LogP contribution >= 0.6 is 11.6 Å². The summed E-state index contributed by atoms with van der Waals surface area (Å²) in [5.74, 6) is 0.925. The summed E-state index contributed by atoms with van der Waals surface area (Å²) in [7, 11) is 1.58. The lowest BCUT2D eigenvalue weighted by atomic mass is 10.1. The molecule has 0 spiro atoms. The van der Waals surface area contributed by atoms with Crippen molar-refractivity contribution in [3.8, 4) is 11.5 Å². The summed E-state index contributed by atoms with van der Waals surface area (Å²) in [4.78, 5) is 15.2. The zero-order chi connectivity index (χ0) is 20.6. The summed E-state index contributed by atoms with van der Waals surface area (Å²) >= 11 is 6.07. The second-order valence-electron chi connectivity index (χ2n) is 6.45. The van der Waals surface area contributed by atoms with Crippen LogP contribution in [0.4, 0.5) is 0 Å². The molecule has 0 saturated heterocycles. The van der Waals surface area contributed by atoms with E-state index in [2.05, 4.69) is 4.98 Å². The third kappa shape index (κ3) is 5.55. The Morgan fingerprint density at radius 2 is 2.03 bits per heavy atom. The van der Waals surface area contributed by atoms with Crippen molar-refractivity contribution in [3.05, 3.63) is 64.8 Å². The fourth-order valence-electron chi connectivity index (χ4n) is 3.07. The number of fused-ring (bicyclic) bond motifs is 1. The molecule has 0 atom stereocenters. The molecular formula is C23H24ClNO4. The molecule has 152 valence electrons. The number of carbonyl (C=O) groups is 1. The number of aryl methyl sites for hydroxylation is 1. The Morgan fingerprint density at radius 3 is 2.83 bits per heavy atom. The number of ether oxygens (including phenoxy) is 3. The molecule has 0 saturated carbocycles. The molecule has 1 aromatic heterocycles. The third-order valence-electron chi connectivity index (χ3n) is 4.46. The standard InChI is InChI=1S/C23H24ClNO4/c1-3-28-21-10-6-16(13-22(21)27-2)7-11-23(26)29-12-4-5-17-15-25-20-9-8-18(24)14-19(17)20/h6-11,13-15,25H,3-5,12H2,1-2H3/b11-7+. The zero-order valence-corrected chi connectivity index (χ0v) is 17.3. The molecule has 0 bridgehead atoms. The molecular weight excluding hydrogens is 390 g/mol. The fraction of sp³-hybridized carbons (Fsp3) is 0.261. The normalized spacial score (nSPS) is 11.1. The number of halogens is 1. The van der Waals surface area contributed by atoms with Gasteiger partial charge in [-0.05, 0) is 67.3 Å². The maximum absolute atomic E-state index is 12.0. The van der Waals surface area contributed by atoms with Gasteiger partial charge in [0.1, 0.15) is 0 Å². The highest BCUT2D eigenvalue weighted by Crippen LogP contribution is 2.28. The first-order chi connectivity index (χ1) is 14.1. The predicted molar refractivity (Wildman–Crippen MR) is 116 cm³/mol. The van der Waals surface area contributed by atoms with Crippen molar-refractivity contribution in [1.29, 1.82) is 0 Å². The van der Waals surface area contributed by atoms with Gasteiger partial charge in [-0.15, -0.1) is 0 Å². The molecule has 0 radical (unpaired) electrons. The van der Waals surface area contributed by atoms with Crippen molar-refractivity contribution < 1.29 is 19.0 Å². The molecule has 3 aromatic rings. The number of nitrogens with one attached hydrogen (secondary N) is 1. The quantitative estimate of drug-likeness (QED) is 0.289. The van der Waals surface area contributed by atoms with Gasteiger partial charge in [-0.2, -0.15) is 0 Å². The summed E-state index contributed by atoms with van der Waals surface area (Å²) in [6, 6.07) is 11.3. The van der Waals surface area contributed by atoms with Gasteiger partial charge < -0.3 is 19.2 Å². The summed E-state index contributed by atoms with van der Waals surface area (Å²) in [6.45, 7) is 2.82. The van der Waals surface area contributed by atoms with E-state index < -0.39 is 0 Å². The topological polar surface area (TPSA) is 60.5 Å². The number of methoxy groups -OCH3 is 1. The minimum Gasteiger partial charge on any atom is -0.493 e. The fourth-order valence-corrected chi connectivity index (χ4v) is 3.24. The molecule has 0 aliphatic heterocycles. The van der Waals surface area contributed by atoms with E-state index in [0.717, 1.165) is 34.9 Å². The van der Waals surface area contributed by atoms with Crippen molar-refractivity contribution in [2.45, 2.75) is 19.8 Å². The minimum atomic E-state index is -0.375. The Kier molecular flexibility index (Phi) is 7.19. The molecule has 2 aromatic carbocycles. The monoisotopic (exact) mass is 413 g/mol. The first kappa shape index (κ1) is 20.8. The largest absolute Gasteiger partial charge is 0.493 e. The van der Waals surface area contributed by atoms with Crippen molar-refractivity contribution >= 4 is 34.5 Å². The van der Waals surface area contributed by atoms with Crippen LogP contribution in [0.3, 0.4) is 0 Å². The Hall–Kier alpha value is -2.92. The molecule has 29 heavy (non-hydrogen) atoms. The lowest BCUT2D eigenvalue weighted by molar-refractivity contribution is -0.137. The maximum Gasteiger partial charge on any atom is 0.330 e. The van der Waals surface area contributed by atoms with Gasteiger partial charge in [0.05, 0.1) is 20.3 Å². The zero-order valence-electron chi connectivity index (χ0n) is 16.5. The molecule has 0 fully saturated rings. The van der Waals surface area contributed by atoms with Gasteiger partial charge in [0.25, 0.3) is 0 Å². The lowest BCUT2D eigenvalue weighted by Crippen LogP contribution is -2.03. The summed E-state index contributed by atoms with van der Waals surface area (Å²) in [5, 5.41) is 1.81. The average molecular weight is 414 g/mol. The lowest BCUT2D eigenvalue weighted by Gasteiger charge is -2.09. The Balaban J connectivity index is 1.49.